The van der Waals surface area contributed by atoms with Gasteiger partial charge in [-0.05, 0) is 30.3 Å². The lowest BCUT2D eigenvalue weighted by atomic mass is 10.3. The summed E-state index contributed by atoms with van der Waals surface area (Å²) in [5.74, 6) is 0.825. The number of amides is 2. The first-order chi connectivity index (χ1) is 9.54. The van der Waals surface area contributed by atoms with Gasteiger partial charge in [-0.3, -0.25) is 0 Å². The minimum Gasteiger partial charge on any atom is -0.363 e. The Morgan fingerprint density at radius 2 is 1.90 bits per heavy atom. The van der Waals surface area contributed by atoms with Crippen molar-refractivity contribution >= 4 is 34.8 Å². The zero-order valence-corrected chi connectivity index (χ0v) is 12.0. The molecule has 0 unspecified atom stereocenters. The maximum atomic E-state index is 11.8. The number of anilines is 3. The molecule has 2 aromatic rings. The lowest BCUT2D eigenvalue weighted by Gasteiger charge is -2.12. The van der Waals surface area contributed by atoms with E-state index in [4.69, 9.17) is 11.6 Å². The predicted octanol–water partition coefficient (Wildman–Crippen LogP) is 3.45. The van der Waals surface area contributed by atoms with Crippen molar-refractivity contribution in [3.05, 3.63) is 47.6 Å². The highest BCUT2D eigenvalue weighted by Crippen LogP contribution is 2.16. The van der Waals surface area contributed by atoms with E-state index in [1.54, 1.807) is 36.5 Å². The van der Waals surface area contributed by atoms with E-state index in [-0.39, 0.29) is 6.03 Å². The average molecular weight is 291 g/mol. The molecule has 20 heavy (non-hydrogen) atoms. The fourth-order valence-electron chi connectivity index (χ4n) is 1.58. The Hall–Kier alpha value is -2.27. The summed E-state index contributed by atoms with van der Waals surface area (Å²) in [6, 6.07) is 10.2. The Kier molecular flexibility index (Phi) is 4.42. The van der Waals surface area contributed by atoms with E-state index in [0.717, 1.165) is 5.82 Å². The van der Waals surface area contributed by atoms with Crippen LogP contribution >= 0.6 is 11.6 Å². The molecule has 2 rings (SSSR count). The molecule has 0 aliphatic heterocycles. The molecule has 0 saturated carbocycles. The fourth-order valence-corrected chi connectivity index (χ4v) is 1.77. The fraction of sp³-hybridized carbons (Fsp3) is 0.143. The lowest BCUT2D eigenvalue weighted by molar-refractivity contribution is 0.262. The standard InChI is InChI=1S/C14H15ClN4O/c1-19(2)13-7-6-12(9-16-13)18-14(20)17-11-5-3-4-10(15)8-11/h3-9H,1-2H3,(H2,17,18,20). The van der Waals surface area contributed by atoms with Crippen molar-refractivity contribution in [1.82, 2.24) is 4.98 Å². The summed E-state index contributed by atoms with van der Waals surface area (Å²) < 4.78 is 0. The van der Waals surface area contributed by atoms with Crippen LogP contribution in [0.5, 0.6) is 0 Å². The summed E-state index contributed by atoms with van der Waals surface area (Å²) in [6.45, 7) is 0. The predicted molar refractivity (Wildman–Crippen MR) is 82.7 cm³/mol. The molecule has 2 N–H and O–H groups in total. The van der Waals surface area contributed by atoms with Gasteiger partial charge in [0, 0.05) is 24.8 Å². The van der Waals surface area contributed by atoms with Crippen molar-refractivity contribution in [2.24, 2.45) is 0 Å². The minimum atomic E-state index is -0.341. The Labute approximate surface area is 122 Å². The maximum Gasteiger partial charge on any atom is 0.323 e. The zero-order chi connectivity index (χ0) is 14.5. The molecule has 0 spiro atoms. The molecule has 5 nitrogen and oxygen atoms in total. The summed E-state index contributed by atoms with van der Waals surface area (Å²) in [4.78, 5) is 17.9. The van der Waals surface area contributed by atoms with Crippen LogP contribution in [-0.2, 0) is 0 Å². The van der Waals surface area contributed by atoms with Crippen molar-refractivity contribution < 1.29 is 4.79 Å². The number of carbonyl (C=O) groups is 1. The quantitative estimate of drug-likeness (QED) is 0.910. The molecule has 0 aliphatic carbocycles. The van der Waals surface area contributed by atoms with Gasteiger partial charge < -0.3 is 15.5 Å². The first-order valence-corrected chi connectivity index (χ1v) is 6.39. The summed E-state index contributed by atoms with van der Waals surface area (Å²) in [5.41, 5.74) is 1.25. The number of hydrogen-bond donors (Lipinski definition) is 2. The van der Waals surface area contributed by atoms with Crippen LogP contribution in [0.2, 0.25) is 5.02 Å². The molecular weight excluding hydrogens is 276 g/mol. The van der Waals surface area contributed by atoms with Gasteiger partial charge in [-0.1, -0.05) is 17.7 Å². The average Bonchev–Trinajstić information content (AvgIpc) is 2.39. The highest BCUT2D eigenvalue weighted by atomic mass is 35.5. The van der Waals surface area contributed by atoms with Crippen LogP contribution in [0.1, 0.15) is 0 Å². The van der Waals surface area contributed by atoms with Gasteiger partial charge in [0.2, 0.25) is 0 Å². The number of halogens is 1. The molecule has 0 radical (unpaired) electrons. The molecule has 0 saturated heterocycles. The van der Waals surface area contributed by atoms with Gasteiger partial charge in [-0.15, -0.1) is 0 Å². The molecule has 2 amide bonds. The maximum absolute atomic E-state index is 11.8. The number of pyridine rings is 1. The number of carbonyl (C=O) groups excluding carboxylic acids is 1. The van der Waals surface area contributed by atoms with E-state index >= 15 is 0 Å². The third-order valence-electron chi connectivity index (χ3n) is 2.55. The molecule has 0 aliphatic rings. The van der Waals surface area contributed by atoms with Crippen molar-refractivity contribution in [1.29, 1.82) is 0 Å². The molecule has 1 heterocycles. The van der Waals surface area contributed by atoms with Crippen molar-refractivity contribution in [3.63, 3.8) is 0 Å². The minimum absolute atomic E-state index is 0.341. The van der Waals surface area contributed by atoms with Crippen LogP contribution in [-0.4, -0.2) is 25.1 Å². The zero-order valence-electron chi connectivity index (χ0n) is 11.2. The normalized spacial score (nSPS) is 9.95. The van der Waals surface area contributed by atoms with E-state index < -0.39 is 0 Å². The van der Waals surface area contributed by atoms with Gasteiger partial charge in [0.05, 0.1) is 11.9 Å². The Morgan fingerprint density at radius 1 is 1.15 bits per heavy atom. The van der Waals surface area contributed by atoms with E-state index in [9.17, 15) is 4.79 Å². The van der Waals surface area contributed by atoms with E-state index in [1.807, 2.05) is 25.1 Å². The number of benzene rings is 1. The van der Waals surface area contributed by atoms with Crippen LogP contribution in [0, 0.1) is 0 Å². The SMILES string of the molecule is CN(C)c1ccc(NC(=O)Nc2cccc(Cl)c2)cn1. The smallest absolute Gasteiger partial charge is 0.323 e. The van der Waals surface area contributed by atoms with E-state index in [2.05, 4.69) is 15.6 Å². The molecule has 6 heteroatoms. The second-order valence-electron chi connectivity index (χ2n) is 4.39. The first-order valence-electron chi connectivity index (χ1n) is 6.01. The molecule has 1 aromatic heterocycles. The van der Waals surface area contributed by atoms with Crippen LogP contribution in [0.4, 0.5) is 22.0 Å². The second-order valence-corrected chi connectivity index (χ2v) is 4.83. The highest BCUT2D eigenvalue weighted by molar-refractivity contribution is 6.30. The topological polar surface area (TPSA) is 57.3 Å². The van der Waals surface area contributed by atoms with Crippen LogP contribution in [0.3, 0.4) is 0 Å². The van der Waals surface area contributed by atoms with Crippen LogP contribution < -0.4 is 15.5 Å². The molecule has 0 fully saturated rings. The third kappa shape index (κ3) is 3.86. The van der Waals surface area contributed by atoms with Gasteiger partial charge in [-0.2, -0.15) is 0 Å². The summed E-state index contributed by atoms with van der Waals surface area (Å²) in [5, 5.41) is 5.97. The number of nitrogens with zero attached hydrogens (tertiary/aromatic N) is 2. The molecule has 0 atom stereocenters. The molecule has 1 aromatic carbocycles. The molecular formula is C14H15ClN4O. The number of aromatic nitrogens is 1. The van der Waals surface area contributed by atoms with Gasteiger partial charge in [0.25, 0.3) is 0 Å². The summed E-state index contributed by atoms with van der Waals surface area (Å²) in [7, 11) is 3.81. The van der Waals surface area contributed by atoms with Gasteiger partial charge in [0.15, 0.2) is 0 Å². The van der Waals surface area contributed by atoms with Crippen molar-refractivity contribution in [2.75, 3.05) is 29.6 Å². The monoisotopic (exact) mass is 290 g/mol. The Morgan fingerprint density at radius 3 is 2.50 bits per heavy atom. The summed E-state index contributed by atoms with van der Waals surface area (Å²) >= 11 is 5.85. The molecule has 104 valence electrons. The third-order valence-corrected chi connectivity index (χ3v) is 2.78. The Balaban J connectivity index is 1.97. The van der Waals surface area contributed by atoms with Crippen molar-refractivity contribution in [2.45, 2.75) is 0 Å². The number of rotatable bonds is 3. The second kappa shape index (κ2) is 6.25. The van der Waals surface area contributed by atoms with Gasteiger partial charge in [0.1, 0.15) is 5.82 Å². The Bertz CT molecular complexity index is 598. The number of hydrogen-bond acceptors (Lipinski definition) is 3. The van der Waals surface area contributed by atoms with Crippen LogP contribution in [0.25, 0.3) is 0 Å². The number of nitrogens with one attached hydrogen (secondary N) is 2. The lowest BCUT2D eigenvalue weighted by Crippen LogP contribution is -2.19. The van der Waals surface area contributed by atoms with Gasteiger partial charge >= 0.3 is 6.03 Å². The van der Waals surface area contributed by atoms with E-state index in [1.165, 1.54) is 0 Å². The van der Waals surface area contributed by atoms with Gasteiger partial charge in [-0.25, -0.2) is 9.78 Å². The van der Waals surface area contributed by atoms with E-state index in [0.29, 0.717) is 16.4 Å². The molecule has 0 bridgehead atoms. The largest absolute Gasteiger partial charge is 0.363 e. The van der Waals surface area contributed by atoms with Crippen molar-refractivity contribution in [3.8, 4) is 0 Å². The first kappa shape index (κ1) is 14.1. The number of urea groups is 1. The summed E-state index contributed by atoms with van der Waals surface area (Å²) in [6.07, 6.45) is 1.60. The highest BCUT2D eigenvalue weighted by Gasteiger charge is 2.04. The van der Waals surface area contributed by atoms with Crippen LogP contribution in [0.15, 0.2) is 42.6 Å².